The Bertz CT molecular complexity index is 329. The van der Waals surface area contributed by atoms with Crippen molar-refractivity contribution in [2.75, 3.05) is 13.2 Å². The molecule has 1 saturated heterocycles. The van der Waals surface area contributed by atoms with E-state index in [0.717, 1.165) is 6.42 Å². The molecular weight excluding hydrogens is 194 g/mol. The molecule has 0 saturated carbocycles. The molecule has 1 aliphatic heterocycles. The van der Waals surface area contributed by atoms with Gasteiger partial charge in [-0.15, -0.1) is 0 Å². The third-order valence-corrected chi connectivity index (χ3v) is 2.43. The molecule has 82 valence electrons. The summed E-state index contributed by atoms with van der Waals surface area (Å²) >= 11 is 0. The van der Waals surface area contributed by atoms with Crippen LogP contribution in [0.15, 0.2) is 24.3 Å². The Hall–Kier alpha value is -1.10. The van der Waals surface area contributed by atoms with Gasteiger partial charge < -0.3 is 20.3 Å². The molecule has 1 aromatic carbocycles. The van der Waals surface area contributed by atoms with Crippen LogP contribution in [-0.4, -0.2) is 24.4 Å². The van der Waals surface area contributed by atoms with Gasteiger partial charge in [-0.25, -0.2) is 0 Å². The molecule has 0 aromatic heterocycles. The lowest BCUT2D eigenvalue weighted by atomic mass is 10.2. The number of aromatic hydroxyl groups is 1. The van der Waals surface area contributed by atoms with E-state index in [4.69, 9.17) is 15.2 Å². The fourth-order valence-corrected chi connectivity index (χ4v) is 1.64. The van der Waals surface area contributed by atoms with Gasteiger partial charge in [0.15, 0.2) is 6.29 Å². The minimum atomic E-state index is -0.456. The summed E-state index contributed by atoms with van der Waals surface area (Å²) in [4.78, 5) is 0. The maximum absolute atomic E-state index is 9.60. The fourth-order valence-electron chi connectivity index (χ4n) is 1.64. The molecule has 1 fully saturated rings. The summed E-state index contributed by atoms with van der Waals surface area (Å²) in [6, 6.07) is 7.03. The average molecular weight is 209 g/mol. The summed E-state index contributed by atoms with van der Waals surface area (Å²) in [5.41, 5.74) is 6.12. The van der Waals surface area contributed by atoms with E-state index in [1.807, 2.05) is 6.07 Å². The van der Waals surface area contributed by atoms with Crippen LogP contribution in [0.2, 0.25) is 0 Å². The summed E-state index contributed by atoms with van der Waals surface area (Å²) in [5, 5.41) is 9.60. The van der Waals surface area contributed by atoms with Gasteiger partial charge in [-0.1, -0.05) is 18.2 Å². The summed E-state index contributed by atoms with van der Waals surface area (Å²) in [6.07, 6.45) is 0.367. The van der Waals surface area contributed by atoms with E-state index in [2.05, 4.69) is 0 Å². The van der Waals surface area contributed by atoms with Crippen LogP contribution >= 0.6 is 0 Å². The van der Waals surface area contributed by atoms with Crippen LogP contribution in [0.4, 0.5) is 0 Å². The number of rotatable bonds is 3. The molecule has 1 heterocycles. The lowest BCUT2D eigenvalue weighted by molar-refractivity contribution is -0.0619. The third kappa shape index (κ3) is 2.28. The van der Waals surface area contributed by atoms with Gasteiger partial charge in [0, 0.05) is 5.56 Å². The minimum absolute atomic E-state index is 0.0413. The third-order valence-electron chi connectivity index (χ3n) is 2.43. The van der Waals surface area contributed by atoms with Crippen LogP contribution < -0.4 is 5.73 Å². The molecule has 3 N–H and O–H groups in total. The standard InChI is InChI=1S/C11H15NO3/c12-6-5-8-7-14-11(15-8)9-3-1-2-4-10(9)13/h1-4,8,11,13H,5-7,12H2. The van der Waals surface area contributed by atoms with Crippen molar-refractivity contribution in [3.8, 4) is 5.75 Å². The van der Waals surface area contributed by atoms with Crippen molar-refractivity contribution in [1.29, 1.82) is 0 Å². The fraction of sp³-hybridized carbons (Fsp3) is 0.455. The van der Waals surface area contributed by atoms with Gasteiger partial charge in [0.25, 0.3) is 0 Å². The molecule has 0 radical (unpaired) electrons. The normalized spacial score (nSPS) is 25.7. The van der Waals surface area contributed by atoms with Crippen LogP contribution in [0.5, 0.6) is 5.75 Å². The highest BCUT2D eigenvalue weighted by Gasteiger charge is 2.28. The van der Waals surface area contributed by atoms with Crippen molar-refractivity contribution in [3.05, 3.63) is 29.8 Å². The zero-order chi connectivity index (χ0) is 10.7. The predicted octanol–water partition coefficient (Wildman–Crippen LogP) is 1.15. The summed E-state index contributed by atoms with van der Waals surface area (Å²) in [5.74, 6) is 0.205. The molecule has 0 bridgehead atoms. The Kier molecular flexibility index (Phi) is 3.20. The Labute approximate surface area is 88.6 Å². The number of hydrogen-bond donors (Lipinski definition) is 2. The quantitative estimate of drug-likeness (QED) is 0.784. The van der Waals surface area contributed by atoms with Gasteiger partial charge in [-0.3, -0.25) is 0 Å². The Morgan fingerprint density at radius 1 is 1.40 bits per heavy atom. The molecular formula is C11H15NO3. The highest BCUT2D eigenvalue weighted by atomic mass is 16.7. The van der Waals surface area contributed by atoms with E-state index >= 15 is 0 Å². The van der Waals surface area contributed by atoms with Crippen LogP contribution in [-0.2, 0) is 9.47 Å². The predicted molar refractivity (Wildman–Crippen MR) is 55.3 cm³/mol. The number of phenols is 1. The largest absolute Gasteiger partial charge is 0.507 e. The van der Waals surface area contributed by atoms with Gasteiger partial charge >= 0.3 is 0 Å². The molecule has 1 aliphatic rings. The maximum Gasteiger partial charge on any atom is 0.187 e. The first-order valence-electron chi connectivity index (χ1n) is 5.06. The van der Waals surface area contributed by atoms with Crippen molar-refractivity contribution < 1.29 is 14.6 Å². The van der Waals surface area contributed by atoms with E-state index in [1.54, 1.807) is 18.2 Å². The van der Waals surface area contributed by atoms with E-state index in [0.29, 0.717) is 18.7 Å². The number of ether oxygens (including phenoxy) is 2. The first kappa shape index (κ1) is 10.4. The van der Waals surface area contributed by atoms with Crippen LogP contribution in [0.25, 0.3) is 0 Å². The lowest BCUT2D eigenvalue weighted by Gasteiger charge is -2.12. The molecule has 0 aliphatic carbocycles. The average Bonchev–Trinajstić information content (AvgIpc) is 2.68. The Morgan fingerprint density at radius 3 is 2.93 bits per heavy atom. The second-order valence-corrected chi connectivity index (χ2v) is 3.56. The van der Waals surface area contributed by atoms with E-state index in [-0.39, 0.29) is 11.9 Å². The number of nitrogens with two attached hydrogens (primary N) is 1. The second kappa shape index (κ2) is 4.61. The zero-order valence-corrected chi connectivity index (χ0v) is 8.43. The zero-order valence-electron chi connectivity index (χ0n) is 8.43. The lowest BCUT2D eigenvalue weighted by Crippen LogP contribution is -2.15. The van der Waals surface area contributed by atoms with Gasteiger partial charge in [-0.2, -0.15) is 0 Å². The van der Waals surface area contributed by atoms with Crippen molar-refractivity contribution in [2.24, 2.45) is 5.73 Å². The van der Waals surface area contributed by atoms with E-state index < -0.39 is 6.29 Å². The highest BCUT2D eigenvalue weighted by molar-refractivity contribution is 5.32. The Morgan fingerprint density at radius 2 is 2.20 bits per heavy atom. The first-order chi connectivity index (χ1) is 7.31. The van der Waals surface area contributed by atoms with Crippen molar-refractivity contribution in [3.63, 3.8) is 0 Å². The summed E-state index contributed by atoms with van der Waals surface area (Å²) in [6.45, 7) is 1.12. The van der Waals surface area contributed by atoms with Gasteiger partial charge in [0.1, 0.15) is 5.75 Å². The molecule has 2 atom stereocenters. The van der Waals surface area contributed by atoms with Gasteiger partial charge in [0.05, 0.1) is 12.7 Å². The minimum Gasteiger partial charge on any atom is -0.507 e. The van der Waals surface area contributed by atoms with E-state index in [1.165, 1.54) is 0 Å². The van der Waals surface area contributed by atoms with E-state index in [9.17, 15) is 5.11 Å². The maximum atomic E-state index is 9.60. The van der Waals surface area contributed by atoms with Crippen molar-refractivity contribution in [1.82, 2.24) is 0 Å². The molecule has 4 heteroatoms. The first-order valence-corrected chi connectivity index (χ1v) is 5.06. The molecule has 2 unspecified atom stereocenters. The van der Waals surface area contributed by atoms with Gasteiger partial charge in [0.2, 0.25) is 0 Å². The van der Waals surface area contributed by atoms with Crippen LogP contribution in [0.1, 0.15) is 18.3 Å². The molecule has 0 spiro atoms. The molecule has 0 amide bonds. The molecule has 15 heavy (non-hydrogen) atoms. The van der Waals surface area contributed by atoms with Crippen molar-refractivity contribution >= 4 is 0 Å². The topological polar surface area (TPSA) is 64.7 Å². The smallest absolute Gasteiger partial charge is 0.187 e. The number of hydrogen-bond acceptors (Lipinski definition) is 4. The van der Waals surface area contributed by atoms with Gasteiger partial charge in [-0.05, 0) is 19.0 Å². The Balaban J connectivity index is 2.04. The molecule has 2 rings (SSSR count). The highest BCUT2D eigenvalue weighted by Crippen LogP contribution is 2.32. The van der Waals surface area contributed by atoms with Crippen molar-refractivity contribution in [2.45, 2.75) is 18.8 Å². The second-order valence-electron chi connectivity index (χ2n) is 3.56. The summed E-state index contributed by atoms with van der Waals surface area (Å²) in [7, 11) is 0. The SMILES string of the molecule is NCCC1COC(c2ccccc2O)O1. The molecule has 1 aromatic rings. The monoisotopic (exact) mass is 209 g/mol. The number of phenolic OH excluding ortho intramolecular Hbond substituents is 1. The van der Waals surface area contributed by atoms with Crippen LogP contribution in [0, 0.1) is 0 Å². The molecule has 4 nitrogen and oxygen atoms in total. The number of benzene rings is 1. The van der Waals surface area contributed by atoms with Crippen LogP contribution in [0.3, 0.4) is 0 Å². The number of para-hydroxylation sites is 1. The summed E-state index contributed by atoms with van der Waals surface area (Å²) < 4.78 is 11.1.